The molecule has 6 nitrogen and oxygen atoms in total. The fourth-order valence-corrected chi connectivity index (χ4v) is 4.75. The summed E-state index contributed by atoms with van der Waals surface area (Å²) in [5.74, 6) is -1.31. The Morgan fingerprint density at radius 2 is 1.81 bits per heavy atom. The van der Waals surface area contributed by atoms with E-state index in [0.29, 0.717) is 31.6 Å². The lowest BCUT2D eigenvalue weighted by Crippen LogP contribution is -2.57. The van der Waals surface area contributed by atoms with Crippen LogP contribution < -0.4 is 5.32 Å². The molecule has 0 bridgehead atoms. The number of carbonyl (C=O) groups is 2. The van der Waals surface area contributed by atoms with Crippen molar-refractivity contribution in [1.29, 1.82) is 0 Å². The zero-order valence-electron chi connectivity index (χ0n) is 16.1. The monoisotopic (exact) mass is 395 g/mol. The van der Waals surface area contributed by atoms with Crippen LogP contribution in [-0.4, -0.2) is 44.4 Å². The van der Waals surface area contributed by atoms with Gasteiger partial charge in [-0.3, -0.25) is 4.79 Å². The standard InChI is InChI=1S/C20H29NO5S/c1-16-10-12-20(13-11-16,19(23)26-2)21-18(22)15-27(24,25)14-6-9-17-7-4-3-5-8-17/h3-5,7-8,16H,6,9-15H2,1-2H3,(H,21,22). The van der Waals surface area contributed by atoms with Gasteiger partial charge < -0.3 is 10.1 Å². The van der Waals surface area contributed by atoms with Gasteiger partial charge >= 0.3 is 5.97 Å². The van der Waals surface area contributed by atoms with E-state index in [4.69, 9.17) is 4.74 Å². The molecule has 1 aliphatic carbocycles. The highest BCUT2D eigenvalue weighted by Gasteiger charge is 2.43. The summed E-state index contributed by atoms with van der Waals surface area (Å²) in [5.41, 5.74) is -0.0316. The van der Waals surface area contributed by atoms with Crippen LogP contribution in [0.3, 0.4) is 0 Å². The highest BCUT2D eigenvalue weighted by atomic mass is 32.2. The van der Waals surface area contributed by atoms with Crippen LogP contribution in [0.5, 0.6) is 0 Å². The number of benzene rings is 1. The molecule has 0 unspecified atom stereocenters. The number of nitrogens with one attached hydrogen (secondary N) is 1. The van der Waals surface area contributed by atoms with E-state index in [0.717, 1.165) is 18.4 Å². The Morgan fingerprint density at radius 1 is 1.19 bits per heavy atom. The van der Waals surface area contributed by atoms with Crippen molar-refractivity contribution in [2.75, 3.05) is 18.6 Å². The first-order chi connectivity index (χ1) is 12.8. The van der Waals surface area contributed by atoms with Crippen molar-refractivity contribution >= 4 is 21.7 Å². The van der Waals surface area contributed by atoms with E-state index < -0.39 is 33.0 Å². The second kappa shape index (κ2) is 9.35. The molecule has 0 saturated heterocycles. The Bertz CT molecular complexity index is 737. The normalized spacial score (nSPS) is 22.8. The summed E-state index contributed by atoms with van der Waals surface area (Å²) in [6, 6.07) is 9.63. The Hall–Kier alpha value is -1.89. The molecule has 0 spiro atoms. The fourth-order valence-electron chi connectivity index (χ4n) is 3.55. The lowest BCUT2D eigenvalue weighted by molar-refractivity contribution is -0.152. The number of aryl methyl sites for hydroxylation is 1. The molecular formula is C20H29NO5S. The molecule has 1 fully saturated rings. The van der Waals surface area contributed by atoms with Crippen molar-refractivity contribution in [2.24, 2.45) is 5.92 Å². The number of amides is 1. The molecule has 0 aliphatic heterocycles. The minimum Gasteiger partial charge on any atom is -0.467 e. The van der Waals surface area contributed by atoms with Gasteiger partial charge in [0.15, 0.2) is 9.84 Å². The molecule has 0 atom stereocenters. The lowest BCUT2D eigenvalue weighted by Gasteiger charge is -2.37. The van der Waals surface area contributed by atoms with Crippen molar-refractivity contribution in [3.05, 3.63) is 35.9 Å². The van der Waals surface area contributed by atoms with Crippen molar-refractivity contribution in [2.45, 2.75) is 51.0 Å². The van der Waals surface area contributed by atoms with Gasteiger partial charge in [-0.1, -0.05) is 37.3 Å². The van der Waals surface area contributed by atoms with Gasteiger partial charge in [-0.15, -0.1) is 0 Å². The Labute approximate surface area is 161 Å². The quantitative estimate of drug-likeness (QED) is 0.682. The van der Waals surface area contributed by atoms with E-state index in [1.165, 1.54) is 7.11 Å². The number of rotatable bonds is 8. The molecule has 1 N–H and O–H groups in total. The average Bonchev–Trinajstić information content (AvgIpc) is 2.63. The fraction of sp³-hybridized carbons (Fsp3) is 0.600. The van der Waals surface area contributed by atoms with E-state index in [2.05, 4.69) is 12.2 Å². The van der Waals surface area contributed by atoms with Gasteiger partial charge in [-0.2, -0.15) is 0 Å². The van der Waals surface area contributed by atoms with Gasteiger partial charge in [0.2, 0.25) is 5.91 Å². The van der Waals surface area contributed by atoms with Crippen LogP contribution in [0.25, 0.3) is 0 Å². The minimum atomic E-state index is -3.54. The number of hydrogen-bond acceptors (Lipinski definition) is 5. The molecule has 7 heteroatoms. The maximum absolute atomic E-state index is 12.4. The molecule has 2 rings (SSSR count). The summed E-state index contributed by atoms with van der Waals surface area (Å²) in [6.07, 6.45) is 3.63. The Balaban J connectivity index is 1.90. The molecule has 1 saturated carbocycles. The number of hydrogen-bond donors (Lipinski definition) is 1. The summed E-state index contributed by atoms with van der Waals surface area (Å²) in [5, 5.41) is 2.68. The van der Waals surface area contributed by atoms with Crippen LogP contribution in [0.2, 0.25) is 0 Å². The maximum Gasteiger partial charge on any atom is 0.331 e. The SMILES string of the molecule is COC(=O)C1(NC(=O)CS(=O)(=O)CCCc2ccccc2)CCC(C)CC1. The maximum atomic E-state index is 12.4. The van der Waals surface area contributed by atoms with Crippen LogP contribution in [0.1, 0.15) is 44.6 Å². The number of carbonyl (C=O) groups excluding carboxylic acids is 2. The zero-order chi connectivity index (χ0) is 19.9. The minimum absolute atomic E-state index is 0.0580. The van der Waals surface area contributed by atoms with E-state index in [1.807, 2.05) is 30.3 Å². The van der Waals surface area contributed by atoms with E-state index in [9.17, 15) is 18.0 Å². The second-order valence-corrected chi connectivity index (χ2v) is 9.67. The Kier molecular flexibility index (Phi) is 7.41. The topological polar surface area (TPSA) is 89.5 Å². The van der Waals surface area contributed by atoms with Gasteiger partial charge in [-0.05, 0) is 50.0 Å². The molecule has 1 aromatic rings. The molecule has 150 valence electrons. The van der Waals surface area contributed by atoms with Gasteiger partial charge in [0.05, 0.1) is 12.9 Å². The molecule has 1 amide bonds. The molecule has 1 aromatic carbocycles. The molecule has 27 heavy (non-hydrogen) atoms. The number of esters is 1. The summed E-state index contributed by atoms with van der Waals surface area (Å²) >= 11 is 0. The largest absolute Gasteiger partial charge is 0.467 e. The number of sulfone groups is 1. The van der Waals surface area contributed by atoms with Crippen molar-refractivity contribution in [3.8, 4) is 0 Å². The third kappa shape index (κ3) is 6.34. The predicted molar refractivity (Wildman–Crippen MR) is 104 cm³/mol. The molecular weight excluding hydrogens is 366 g/mol. The van der Waals surface area contributed by atoms with Crippen molar-refractivity contribution in [1.82, 2.24) is 5.32 Å². The molecule has 0 heterocycles. The lowest BCUT2D eigenvalue weighted by atomic mass is 9.77. The molecule has 0 aromatic heterocycles. The van der Waals surface area contributed by atoms with Gasteiger partial charge in [0, 0.05) is 0 Å². The highest BCUT2D eigenvalue weighted by molar-refractivity contribution is 7.92. The highest BCUT2D eigenvalue weighted by Crippen LogP contribution is 2.32. The van der Waals surface area contributed by atoms with Crippen LogP contribution in [0.4, 0.5) is 0 Å². The smallest absolute Gasteiger partial charge is 0.331 e. The summed E-state index contributed by atoms with van der Waals surface area (Å²) in [4.78, 5) is 24.6. The average molecular weight is 396 g/mol. The van der Waals surface area contributed by atoms with Crippen LogP contribution in [0, 0.1) is 5.92 Å². The van der Waals surface area contributed by atoms with Gasteiger partial charge in [0.1, 0.15) is 11.3 Å². The van der Waals surface area contributed by atoms with Gasteiger partial charge in [0.25, 0.3) is 0 Å². The summed E-state index contributed by atoms with van der Waals surface area (Å²) in [7, 11) is -2.25. The van der Waals surface area contributed by atoms with Crippen LogP contribution in [-0.2, 0) is 30.6 Å². The number of methoxy groups -OCH3 is 1. The van der Waals surface area contributed by atoms with Crippen molar-refractivity contribution < 1.29 is 22.7 Å². The second-order valence-electron chi connectivity index (χ2n) is 7.49. The molecule has 0 radical (unpaired) electrons. The predicted octanol–water partition coefficient (Wildman–Crippen LogP) is 2.27. The number of ether oxygens (including phenoxy) is 1. The van der Waals surface area contributed by atoms with Crippen molar-refractivity contribution in [3.63, 3.8) is 0 Å². The third-order valence-corrected chi connectivity index (χ3v) is 6.81. The summed E-state index contributed by atoms with van der Waals surface area (Å²) in [6.45, 7) is 2.10. The first-order valence-electron chi connectivity index (χ1n) is 9.40. The molecule has 1 aliphatic rings. The van der Waals surface area contributed by atoms with Gasteiger partial charge in [-0.25, -0.2) is 13.2 Å². The Morgan fingerprint density at radius 3 is 2.41 bits per heavy atom. The van der Waals surface area contributed by atoms with E-state index in [-0.39, 0.29) is 5.75 Å². The zero-order valence-corrected chi connectivity index (χ0v) is 16.9. The van der Waals surface area contributed by atoms with E-state index >= 15 is 0 Å². The first-order valence-corrected chi connectivity index (χ1v) is 11.2. The summed E-state index contributed by atoms with van der Waals surface area (Å²) < 4.78 is 29.5. The third-order valence-electron chi connectivity index (χ3n) is 5.20. The van der Waals surface area contributed by atoms with E-state index in [1.54, 1.807) is 0 Å². The van der Waals surface area contributed by atoms with Crippen LogP contribution in [0.15, 0.2) is 30.3 Å². The van der Waals surface area contributed by atoms with Crippen LogP contribution >= 0.6 is 0 Å². The first kappa shape index (κ1) is 21.4.